The van der Waals surface area contributed by atoms with Crippen LogP contribution < -0.4 is 16.0 Å². The van der Waals surface area contributed by atoms with E-state index in [1.54, 1.807) is 31.5 Å². The van der Waals surface area contributed by atoms with E-state index in [0.717, 1.165) is 5.69 Å². The lowest BCUT2D eigenvalue weighted by Crippen LogP contribution is -2.27. The first-order valence-corrected chi connectivity index (χ1v) is 7.45. The zero-order chi connectivity index (χ0) is 17.4. The number of methoxy groups -OCH3 is 1. The van der Waals surface area contributed by atoms with Crippen molar-refractivity contribution < 1.29 is 14.3 Å². The van der Waals surface area contributed by atoms with Crippen molar-refractivity contribution in [1.29, 1.82) is 0 Å². The minimum Gasteiger partial charge on any atom is -0.383 e. The van der Waals surface area contributed by atoms with Crippen LogP contribution in [0.2, 0.25) is 0 Å². The fourth-order valence-corrected chi connectivity index (χ4v) is 2.05. The predicted molar refractivity (Wildman–Crippen MR) is 92.5 cm³/mol. The molecule has 1 aromatic carbocycles. The van der Waals surface area contributed by atoms with Crippen LogP contribution in [0.4, 0.5) is 17.1 Å². The molecule has 0 spiro atoms. The largest absolute Gasteiger partial charge is 0.383 e. The van der Waals surface area contributed by atoms with Crippen LogP contribution in [0.25, 0.3) is 0 Å². The lowest BCUT2D eigenvalue weighted by Gasteiger charge is -2.10. The molecule has 0 aliphatic carbocycles. The van der Waals surface area contributed by atoms with Gasteiger partial charge in [0.1, 0.15) is 0 Å². The number of rotatable bonds is 7. The average Bonchev–Trinajstić information content (AvgIpc) is 2.55. The number of anilines is 3. The molecule has 7 nitrogen and oxygen atoms in total. The normalized spacial score (nSPS) is 10.1. The molecule has 0 saturated heterocycles. The first kappa shape index (κ1) is 17.4. The van der Waals surface area contributed by atoms with Gasteiger partial charge in [0.2, 0.25) is 5.91 Å². The van der Waals surface area contributed by atoms with Gasteiger partial charge in [-0.2, -0.15) is 0 Å². The van der Waals surface area contributed by atoms with Crippen molar-refractivity contribution in [1.82, 2.24) is 10.3 Å². The lowest BCUT2D eigenvalue weighted by atomic mass is 10.2. The van der Waals surface area contributed by atoms with Gasteiger partial charge in [0.15, 0.2) is 0 Å². The molecule has 0 saturated carbocycles. The Morgan fingerprint density at radius 1 is 1.12 bits per heavy atom. The molecule has 0 fully saturated rings. The van der Waals surface area contributed by atoms with Crippen LogP contribution in [0, 0.1) is 0 Å². The molecule has 1 aromatic heterocycles. The number of benzene rings is 1. The molecule has 0 radical (unpaired) electrons. The molecule has 2 amide bonds. The van der Waals surface area contributed by atoms with E-state index in [9.17, 15) is 9.59 Å². The number of amides is 2. The highest BCUT2D eigenvalue weighted by Crippen LogP contribution is 2.20. The van der Waals surface area contributed by atoms with Crippen molar-refractivity contribution in [3.63, 3.8) is 0 Å². The fourth-order valence-electron chi connectivity index (χ4n) is 2.05. The van der Waals surface area contributed by atoms with Gasteiger partial charge in [-0.15, -0.1) is 0 Å². The second-order valence-electron chi connectivity index (χ2n) is 5.10. The molecule has 24 heavy (non-hydrogen) atoms. The van der Waals surface area contributed by atoms with Gasteiger partial charge in [0.25, 0.3) is 5.91 Å². The third-order valence-corrected chi connectivity index (χ3v) is 3.06. The summed E-state index contributed by atoms with van der Waals surface area (Å²) in [5.41, 5.74) is 2.59. The number of pyridine rings is 1. The number of hydrogen-bond acceptors (Lipinski definition) is 5. The van der Waals surface area contributed by atoms with E-state index in [4.69, 9.17) is 4.74 Å². The van der Waals surface area contributed by atoms with E-state index < -0.39 is 0 Å². The number of nitrogens with one attached hydrogen (secondary N) is 3. The number of hydrogen-bond donors (Lipinski definition) is 3. The van der Waals surface area contributed by atoms with Crippen LogP contribution in [-0.2, 0) is 9.53 Å². The topological polar surface area (TPSA) is 92.3 Å². The first-order valence-electron chi connectivity index (χ1n) is 7.45. The maximum Gasteiger partial charge on any atom is 0.253 e. The van der Waals surface area contributed by atoms with Crippen molar-refractivity contribution in [2.75, 3.05) is 30.9 Å². The third kappa shape index (κ3) is 5.36. The summed E-state index contributed by atoms with van der Waals surface area (Å²) in [7, 11) is 1.58. The first-order chi connectivity index (χ1) is 11.6. The average molecular weight is 328 g/mol. The molecule has 0 aliphatic rings. The minimum atomic E-state index is -0.213. The molecule has 0 aliphatic heterocycles. The summed E-state index contributed by atoms with van der Waals surface area (Å²) < 4.78 is 4.90. The van der Waals surface area contributed by atoms with E-state index in [2.05, 4.69) is 20.9 Å². The summed E-state index contributed by atoms with van der Waals surface area (Å²) in [5.74, 6) is -0.348. The van der Waals surface area contributed by atoms with Gasteiger partial charge in [-0.05, 0) is 24.3 Å². The maximum absolute atomic E-state index is 12.0. The van der Waals surface area contributed by atoms with Crippen LogP contribution in [0.3, 0.4) is 0 Å². The SMILES string of the molecule is COCCNC(=O)c1cncc(Nc2cccc(NC(C)=O)c2)c1. The summed E-state index contributed by atoms with van der Waals surface area (Å²) >= 11 is 0. The van der Waals surface area contributed by atoms with E-state index in [0.29, 0.717) is 30.1 Å². The molecule has 3 N–H and O–H groups in total. The second-order valence-corrected chi connectivity index (χ2v) is 5.10. The Morgan fingerprint density at radius 2 is 1.92 bits per heavy atom. The van der Waals surface area contributed by atoms with Crippen LogP contribution >= 0.6 is 0 Å². The zero-order valence-corrected chi connectivity index (χ0v) is 13.6. The van der Waals surface area contributed by atoms with Gasteiger partial charge < -0.3 is 20.7 Å². The standard InChI is InChI=1S/C17H20N4O3/c1-12(22)20-14-4-3-5-15(9-14)21-16-8-13(10-18-11-16)17(23)19-6-7-24-2/h3-5,8-11,21H,6-7H2,1-2H3,(H,19,23)(H,20,22). The van der Waals surface area contributed by atoms with Crippen molar-refractivity contribution in [3.8, 4) is 0 Å². The van der Waals surface area contributed by atoms with E-state index in [1.807, 2.05) is 12.1 Å². The number of ether oxygens (including phenoxy) is 1. The smallest absolute Gasteiger partial charge is 0.253 e. The zero-order valence-electron chi connectivity index (χ0n) is 13.6. The Bertz CT molecular complexity index is 718. The van der Waals surface area contributed by atoms with Gasteiger partial charge in [0, 0.05) is 38.1 Å². The Morgan fingerprint density at radius 3 is 2.67 bits per heavy atom. The number of carbonyl (C=O) groups is 2. The van der Waals surface area contributed by atoms with Crippen LogP contribution in [-0.4, -0.2) is 37.1 Å². The van der Waals surface area contributed by atoms with Crippen LogP contribution in [0.1, 0.15) is 17.3 Å². The maximum atomic E-state index is 12.0. The quantitative estimate of drug-likeness (QED) is 0.677. The van der Waals surface area contributed by atoms with Gasteiger partial charge >= 0.3 is 0 Å². The number of carbonyl (C=O) groups excluding carboxylic acids is 2. The Labute approximate surface area is 140 Å². The van der Waals surface area contributed by atoms with Crippen molar-refractivity contribution in [3.05, 3.63) is 48.3 Å². The fraction of sp³-hybridized carbons (Fsp3) is 0.235. The molecule has 2 rings (SSSR count). The summed E-state index contributed by atoms with van der Waals surface area (Å²) in [6.45, 7) is 2.34. The third-order valence-electron chi connectivity index (χ3n) is 3.06. The van der Waals surface area contributed by atoms with Crippen molar-refractivity contribution >= 4 is 28.9 Å². The summed E-state index contributed by atoms with van der Waals surface area (Å²) in [6.07, 6.45) is 3.12. The minimum absolute atomic E-state index is 0.136. The molecule has 2 aromatic rings. The predicted octanol–water partition coefficient (Wildman–Crippen LogP) is 2.16. The second kappa shape index (κ2) is 8.64. The molecule has 7 heteroatoms. The highest BCUT2D eigenvalue weighted by molar-refractivity contribution is 5.95. The summed E-state index contributed by atoms with van der Waals surface area (Å²) in [5, 5.41) is 8.62. The Kier molecular flexibility index (Phi) is 6.27. The van der Waals surface area contributed by atoms with E-state index in [1.165, 1.54) is 13.1 Å². The van der Waals surface area contributed by atoms with Gasteiger partial charge in [-0.3, -0.25) is 14.6 Å². The van der Waals surface area contributed by atoms with E-state index >= 15 is 0 Å². The van der Waals surface area contributed by atoms with E-state index in [-0.39, 0.29) is 11.8 Å². The van der Waals surface area contributed by atoms with Gasteiger partial charge in [-0.25, -0.2) is 0 Å². The Balaban J connectivity index is 2.06. The Hall–Kier alpha value is -2.93. The van der Waals surface area contributed by atoms with Crippen molar-refractivity contribution in [2.24, 2.45) is 0 Å². The van der Waals surface area contributed by atoms with Crippen molar-refractivity contribution in [2.45, 2.75) is 6.92 Å². The summed E-state index contributed by atoms with van der Waals surface area (Å²) in [6, 6.07) is 8.98. The van der Waals surface area contributed by atoms with Crippen LogP contribution in [0.15, 0.2) is 42.7 Å². The van der Waals surface area contributed by atoms with Gasteiger partial charge in [-0.1, -0.05) is 6.07 Å². The molecule has 0 bridgehead atoms. The molecule has 0 unspecified atom stereocenters. The highest BCUT2D eigenvalue weighted by atomic mass is 16.5. The lowest BCUT2D eigenvalue weighted by molar-refractivity contribution is -0.114. The molecular weight excluding hydrogens is 308 g/mol. The van der Waals surface area contributed by atoms with Gasteiger partial charge in [0.05, 0.1) is 24.1 Å². The molecule has 0 atom stereocenters. The molecular formula is C17H20N4O3. The molecule has 1 heterocycles. The van der Waals surface area contributed by atoms with Crippen LogP contribution in [0.5, 0.6) is 0 Å². The number of nitrogens with zero attached hydrogens (tertiary/aromatic N) is 1. The monoisotopic (exact) mass is 328 g/mol. The number of aromatic nitrogens is 1. The summed E-state index contributed by atoms with van der Waals surface area (Å²) in [4.78, 5) is 27.2. The molecule has 126 valence electrons. The highest BCUT2D eigenvalue weighted by Gasteiger charge is 2.07.